The monoisotopic (exact) mass is 134 g/mol. The van der Waals surface area contributed by atoms with Crippen molar-refractivity contribution in [2.24, 2.45) is 0 Å². The lowest BCUT2D eigenvalue weighted by molar-refractivity contribution is 0.855. The second-order valence-electron chi connectivity index (χ2n) is 1.21. The normalized spacial score (nSPS) is 8.14. The maximum absolute atomic E-state index is 4.56. The van der Waals surface area contributed by atoms with Crippen LogP contribution in [-0.2, 0) is 12.6 Å². The molecule has 0 aromatic rings. The van der Waals surface area contributed by atoms with Crippen LogP contribution in [-0.4, -0.2) is 10.9 Å². The Kier molecular flexibility index (Phi) is 4.34. The molecule has 0 rings (SSSR count). The van der Waals surface area contributed by atoms with Gasteiger partial charge in [0, 0.05) is 6.54 Å². The summed E-state index contributed by atoms with van der Waals surface area (Å²) in [5.74, 6) is 0. The lowest BCUT2D eigenvalue weighted by Gasteiger charge is -2.05. The van der Waals surface area contributed by atoms with Crippen LogP contribution in [0.2, 0.25) is 0 Å². The van der Waals surface area contributed by atoms with Crippen LogP contribution in [0.3, 0.4) is 0 Å². The van der Waals surface area contributed by atoms with Crippen LogP contribution in [0.25, 0.3) is 0 Å². The fourth-order valence-corrected chi connectivity index (χ4v) is 0.431. The van der Waals surface area contributed by atoms with Gasteiger partial charge in [-0.15, -0.1) is 0 Å². The lowest BCUT2D eigenvalue weighted by Crippen LogP contribution is -2.18. The summed E-state index contributed by atoms with van der Waals surface area (Å²) in [5, 5.41) is 2.84. The maximum Gasteiger partial charge on any atom is 0.0129 e. The molecule has 1 N–H and O–H groups in total. The molecule has 42 valence electrons. The highest BCUT2D eigenvalue weighted by Crippen LogP contribution is 1.69. The van der Waals surface area contributed by atoms with E-state index in [1.54, 1.807) is 0 Å². The van der Waals surface area contributed by atoms with Crippen molar-refractivity contribution in [2.45, 2.75) is 13.3 Å². The van der Waals surface area contributed by atoms with Crippen LogP contribution >= 0.6 is 12.2 Å². The van der Waals surface area contributed by atoms with Crippen molar-refractivity contribution in [1.82, 2.24) is 5.32 Å². The van der Waals surface area contributed by atoms with Crippen molar-refractivity contribution in [1.29, 1.82) is 0 Å². The zero-order valence-corrected chi connectivity index (χ0v) is 5.86. The summed E-state index contributed by atoms with van der Waals surface area (Å²) in [5.41, 5.74) is 0. The first-order valence-electron chi connectivity index (χ1n) is 2.22. The maximum atomic E-state index is 4.56. The van der Waals surface area contributed by atoms with Crippen molar-refractivity contribution in [2.75, 3.05) is 6.54 Å². The van der Waals surface area contributed by atoms with Crippen LogP contribution < -0.4 is 5.32 Å². The molecule has 0 atom stereocenters. The first-order chi connectivity index (χ1) is 3.27. The average molecular weight is 134 g/mol. The lowest BCUT2D eigenvalue weighted by atomic mass is 10.5. The average Bonchev–Trinajstić information content (AvgIpc) is 1.61. The second-order valence-corrected chi connectivity index (χ2v) is 2.29. The SMILES string of the molecule is CCCNC(=S)[S-]. The predicted octanol–water partition coefficient (Wildman–Crippen LogP) is 0.818. The predicted molar refractivity (Wildman–Crippen MR) is 38.3 cm³/mol. The van der Waals surface area contributed by atoms with Gasteiger partial charge in [-0.1, -0.05) is 11.2 Å². The van der Waals surface area contributed by atoms with Crippen LogP contribution in [0.15, 0.2) is 0 Å². The zero-order valence-electron chi connectivity index (χ0n) is 4.23. The van der Waals surface area contributed by atoms with Gasteiger partial charge in [-0.2, -0.15) is 0 Å². The van der Waals surface area contributed by atoms with Crippen molar-refractivity contribution in [3.8, 4) is 0 Å². The first kappa shape index (κ1) is 7.11. The molecule has 0 aromatic carbocycles. The number of thiocarbonyl (C=S) groups is 1. The molecule has 0 aliphatic carbocycles. The van der Waals surface area contributed by atoms with E-state index in [-0.39, 0.29) is 0 Å². The molecular formula is C4H8NS2-. The topological polar surface area (TPSA) is 12.0 Å². The van der Waals surface area contributed by atoms with E-state index in [9.17, 15) is 0 Å². The third-order valence-electron chi connectivity index (χ3n) is 0.519. The third kappa shape index (κ3) is 6.11. The Morgan fingerprint density at radius 3 is 2.57 bits per heavy atom. The van der Waals surface area contributed by atoms with Gasteiger partial charge < -0.3 is 30.2 Å². The van der Waals surface area contributed by atoms with Gasteiger partial charge in [-0.25, -0.2) is 0 Å². The van der Waals surface area contributed by atoms with Gasteiger partial charge in [-0.3, -0.25) is 0 Å². The van der Waals surface area contributed by atoms with E-state index >= 15 is 0 Å². The molecule has 0 bridgehead atoms. The Labute approximate surface area is 54.9 Å². The van der Waals surface area contributed by atoms with Gasteiger partial charge in [0.15, 0.2) is 0 Å². The Morgan fingerprint density at radius 1 is 1.86 bits per heavy atom. The van der Waals surface area contributed by atoms with Gasteiger partial charge >= 0.3 is 0 Å². The standard InChI is InChI=1S/C4H9NS2/c1-2-3-5-4(6)7/h2-3H2,1H3,(H2,5,6,7)/p-1. The summed E-state index contributed by atoms with van der Waals surface area (Å²) in [6.45, 7) is 2.98. The van der Waals surface area contributed by atoms with E-state index in [0.717, 1.165) is 13.0 Å². The molecule has 7 heavy (non-hydrogen) atoms. The van der Waals surface area contributed by atoms with Crippen molar-refractivity contribution in [3.63, 3.8) is 0 Å². The van der Waals surface area contributed by atoms with E-state index in [0.29, 0.717) is 4.32 Å². The van der Waals surface area contributed by atoms with Crippen molar-refractivity contribution in [3.05, 3.63) is 0 Å². The minimum Gasteiger partial charge on any atom is -0.412 e. The van der Waals surface area contributed by atoms with E-state index < -0.39 is 0 Å². The Morgan fingerprint density at radius 2 is 2.43 bits per heavy atom. The summed E-state index contributed by atoms with van der Waals surface area (Å²) >= 11 is 9.13. The number of nitrogens with one attached hydrogen (secondary N) is 1. The smallest absolute Gasteiger partial charge is 0.0129 e. The van der Waals surface area contributed by atoms with Gasteiger partial charge in [0.1, 0.15) is 0 Å². The van der Waals surface area contributed by atoms with Gasteiger partial charge in [0.25, 0.3) is 0 Å². The summed E-state index contributed by atoms with van der Waals surface area (Å²) in [6, 6.07) is 0. The fraction of sp³-hybridized carbons (Fsp3) is 0.750. The van der Waals surface area contributed by atoms with Crippen LogP contribution in [0, 0.1) is 0 Å². The summed E-state index contributed by atoms with van der Waals surface area (Å²) in [6.07, 6.45) is 1.08. The molecule has 0 unspecified atom stereocenters. The molecule has 0 radical (unpaired) electrons. The number of rotatable bonds is 2. The highest BCUT2D eigenvalue weighted by Gasteiger charge is 1.71. The molecule has 0 fully saturated rings. The third-order valence-corrected chi connectivity index (χ3v) is 0.808. The van der Waals surface area contributed by atoms with Crippen molar-refractivity contribution < 1.29 is 0 Å². The van der Waals surface area contributed by atoms with Gasteiger partial charge in [-0.05, 0) is 6.42 Å². The van der Waals surface area contributed by atoms with Crippen LogP contribution in [0.1, 0.15) is 13.3 Å². The largest absolute Gasteiger partial charge is 0.412 e. The molecule has 0 saturated carbocycles. The van der Waals surface area contributed by atoms with E-state index in [1.807, 2.05) is 0 Å². The molecule has 0 aliphatic heterocycles. The molecule has 0 aromatic heterocycles. The van der Waals surface area contributed by atoms with E-state index in [4.69, 9.17) is 0 Å². The second kappa shape index (κ2) is 4.27. The molecule has 3 heteroatoms. The number of hydrogen-bond acceptors (Lipinski definition) is 2. The first-order valence-corrected chi connectivity index (χ1v) is 3.04. The summed E-state index contributed by atoms with van der Waals surface area (Å²) < 4.78 is 0.474. The Balaban J connectivity index is 2.82. The fourth-order valence-electron chi connectivity index (χ4n) is 0.227. The van der Waals surface area contributed by atoms with Gasteiger partial charge in [0.2, 0.25) is 0 Å². The Bertz CT molecular complexity index is 62.7. The highest BCUT2D eigenvalue weighted by molar-refractivity contribution is 8.00. The quantitative estimate of drug-likeness (QED) is 0.443. The molecule has 0 saturated heterocycles. The van der Waals surface area contributed by atoms with E-state index in [2.05, 4.69) is 37.1 Å². The van der Waals surface area contributed by atoms with E-state index in [1.165, 1.54) is 0 Å². The van der Waals surface area contributed by atoms with Gasteiger partial charge in [0.05, 0.1) is 0 Å². The molecular weight excluding hydrogens is 126 g/mol. The zero-order chi connectivity index (χ0) is 5.70. The van der Waals surface area contributed by atoms with Crippen molar-refractivity contribution >= 4 is 29.2 Å². The Hall–Kier alpha value is 0.110. The molecule has 0 heterocycles. The van der Waals surface area contributed by atoms with Crippen LogP contribution in [0.4, 0.5) is 0 Å². The minimum absolute atomic E-state index is 0.474. The minimum atomic E-state index is 0.474. The summed E-state index contributed by atoms with van der Waals surface area (Å²) in [4.78, 5) is 0. The highest BCUT2D eigenvalue weighted by atomic mass is 32.1. The molecule has 1 nitrogen and oxygen atoms in total. The molecule has 0 aliphatic rings. The number of hydrogen-bond donors (Lipinski definition) is 1. The van der Waals surface area contributed by atoms with Crippen LogP contribution in [0.5, 0.6) is 0 Å². The molecule has 0 spiro atoms. The molecule has 0 amide bonds. The summed E-state index contributed by atoms with van der Waals surface area (Å²) in [7, 11) is 0.